The number of hydrogen-bond acceptors (Lipinski definition) is 6. The average Bonchev–Trinajstić information content (AvgIpc) is 2.91. The topological polar surface area (TPSA) is 94.2 Å². The van der Waals surface area contributed by atoms with Crippen molar-refractivity contribution in [1.82, 2.24) is 4.90 Å². The fraction of sp³-hybridized carbons (Fsp3) is 0.321. The molecule has 1 aliphatic rings. The normalized spacial score (nSPS) is 13.2. The van der Waals surface area contributed by atoms with Crippen molar-refractivity contribution in [1.29, 1.82) is 0 Å². The number of carbonyl (C=O) groups excluding carboxylic acids is 3. The Morgan fingerprint density at radius 3 is 2.44 bits per heavy atom. The highest BCUT2D eigenvalue weighted by Crippen LogP contribution is 2.29. The van der Waals surface area contributed by atoms with Gasteiger partial charge < -0.3 is 24.4 Å². The summed E-state index contributed by atoms with van der Waals surface area (Å²) in [4.78, 5) is 39.2. The van der Waals surface area contributed by atoms with Crippen LogP contribution in [0.1, 0.15) is 36.5 Å². The van der Waals surface area contributed by atoms with E-state index < -0.39 is 18.5 Å². The molecule has 0 radical (unpaired) electrons. The lowest BCUT2D eigenvalue weighted by atomic mass is 10.1. The smallest absolute Gasteiger partial charge is 0.338 e. The number of nitrogens with one attached hydrogen (secondary N) is 1. The number of esters is 1. The van der Waals surface area contributed by atoms with Crippen molar-refractivity contribution in [3.8, 4) is 11.5 Å². The lowest BCUT2D eigenvalue weighted by Gasteiger charge is -2.26. The fourth-order valence-electron chi connectivity index (χ4n) is 4.13. The summed E-state index contributed by atoms with van der Waals surface area (Å²) in [6, 6.07) is 17.9. The predicted octanol–water partition coefficient (Wildman–Crippen LogP) is 4.43. The zero-order chi connectivity index (χ0) is 25.3. The Morgan fingerprint density at radius 1 is 0.861 bits per heavy atom. The number of hydrogen-bond donors (Lipinski definition) is 1. The van der Waals surface area contributed by atoms with Crippen molar-refractivity contribution in [3.63, 3.8) is 0 Å². The minimum absolute atomic E-state index is 0.0714. The first kappa shape index (κ1) is 25.0. The standard InChI is InChI=1S/C28H30N2O6/c1-2-34-25-17-21(13-14-24(25)35-19-27(32)30-15-6-3-7-16-30)28(33)36-18-26(31)29-23-12-8-10-20-9-4-5-11-22(20)23/h4-5,8-14,17H,2-3,6-7,15-16,18-19H2,1H3,(H,29,31). The summed E-state index contributed by atoms with van der Waals surface area (Å²) in [5.74, 6) is -0.482. The number of ether oxygens (including phenoxy) is 3. The summed E-state index contributed by atoms with van der Waals surface area (Å²) in [5, 5.41) is 4.68. The molecule has 36 heavy (non-hydrogen) atoms. The van der Waals surface area contributed by atoms with E-state index in [4.69, 9.17) is 14.2 Å². The Morgan fingerprint density at radius 2 is 1.64 bits per heavy atom. The van der Waals surface area contributed by atoms with Gasteiger partial charge in [-0.05, 0) is 55.8 Å². The number of rotatable bonds is 9. The molecule has 3 aromatic rings. The highest BCUT2D eigenvalue weighted by Gasteiger charge is 2.19. The lowest BCUT2D eigenvalue weighted by Crippen LogP contribution is -2.38. The van der Waals surface area contributed by atoms with Crippen molar-refractivity contribution in [3.05, 3.63) is 66.2 Å². The molecule has 0 atom stereocenters. The van der Waals surface area contributed by atoms with Gasteiger partial charge >= 0.3 is 5.97 Å². The fourth-order valence-corrected chi connectivity index (χ4v) is 4.13. The van der Waals surface area contributed by atoms with Gasteiger partial charge in [-0.2, -0.15) is 0 Å². The number of likely N-dealkylation sites (tertiary alicyclic amines) is 1. The van der Waals surface area contributed by atoms with Gasteiger partial charge in [0.05, 0.1) is 12.2 Å². The summed E-state index contributed by atoms with van der Waals surface area (Å²) in [6.07, 6.45) is 3.15. The Bertz CT molecular complexity index is 1230. The molecule has 1 fully saturated rings. The van der Waals surface area contributed by atoms with Gasteiger partial charge in [-0.3, -0.25) is 9.59 Å². The summed E-state index contributed by atoms with van der Waals surface area (Å²) < 4.78 is 16.5. The maximum Gasteiger partial charge on any atom is 0.338 e. The summed E-state index contributed by atoms with van der Waals surface area (Å²) >= 11 is 0. The number of piperidine rings is 1. The quantitative estimate of drug-likeness (QED) is 0.446. The van der Waals surface area contributed by atoms with Gasteiger partial charge in [-0.15, -0.1) is 0 Å². The summed E-state index contributed by atoms with van der Waals surface area (Å²) in [6.45, 7) is 3.12. The van der Waals surface area contributed by atoms with E-state index in [-0.39, 0.29) is 18.1 Å². The van der Waals surface area contributed by atoms with Crippen molar-refractivity contribution in [2.75, 3.05) is 38.2 Å². The van der Waals surface area contributed by atoms with Crippen molar-refractivity contribution in [2.24, 2.45) is 0 Å². The van der Waals surface area contributed by atoms with Crippen LogP contribution in [0.25, 0.3) is 10.8 Å². The summed E-state index contributed by atoms with van der Waals surface area (Å²) in [5.41, 5.74) is 0.861. The van der Waals surface area contributed by atoms with Gasteiger partial charge in [0.15, 0.2) is 24.7 Å². The zero-order valence-corrected chi connectivity index (χ0v) is 20.3. The third kappa shape index (κ3) is 6.33. The second kappa shape index (κ2) is 12.1. The van der Waals surface area contributed by atoms with Gasteiger partial charge in [0.1, 0.15) is 0 Å². The van der Waals surface area contributed by atoms with Crippen LogP contribution < -0.4 is 14.8 Å². The molecule has 0 aromatic heterocycles. The van der Waals surface area contributed by atoms with Gasteiger partial charge in [-0.25, -0.2) is 4.79 Å². The molecule has 0 unspecified atom stereocenters. The maximum atomic E-state index is 12.6. The van der Waals surface area contributed by atoms with E-state index in [1.807, 2.05) is 43.3 Å². The van der Waals surface area contributed by atoms with Crippen LogP contribution in [0.2, 0.25) is 0 Å². The Kier molecular flexibility index (Phi) is 8.39. The van der Waals surface area contributed by atoms with Crippen LogP contribution >= 0.6 is 0 Å². The number of fused-ring (bicyclic) bond motifs is 1. The second-order valence-corrected chi connectivity index (χ2v) is 8.48. The van der Waals surface area contributed by atoms with E-state index in [1.165, 1.54) is 12.1 Å². The molecule has 0 bridgehead atoms. The molecule has 4 rings (SSSR count). The minimum atomic E-state index is -0.667. The molecule has 8 nitrogen and oxygen atoms in total. The third-order valence-corrected chi connectivity index (χ3v) is 5.94. The van der Waals surface area contributed by atoms with Crippen LogP contribution in [0.4, 0.5) is 5.69 Å². The van der Waals surface area contributed by atoms with Crippen LogP contribution in [0, 0.1) is 0 Å². The van der Waals surface area contributed by atoms with E-state index in [9.17, 15) is 14.4 Å². The molecule has 2 amide bonds. The molecule has 3 aromatic carbocycles. The SMILES string of the molecule is CCOc1cc(C(=O)OCC(=O)Nc2cccc3ccccc23)ccc1OCC(=O)N1CCCCC1. The van der Waals surface area contributed by atoms with E-state index in [2.05, 4.69) is 5.32 Å². The monoisotopic (exact) mass is 490 g/mol. The molecule has 0 saturated carbocycles. The maximum absolute atomic E-state index is 12.6. The number of benzene rings is 3. The molecule has 0 spiro atoms. The summed E-state index contributed by atoms with van der Waals surface area (Å²) in [7, 11) is 0. The number of nitrogens with zero attached hydrogens (tertiary/aromatic N) is 1. The number of amides is 2. The van der Waals surface area contributed by atoms with Crippen molar-refractivity contribution >= 4 is 34.2 Å². The molecule has 188 valence electrons. The molecule has 0 aliphatic carbocycles. The largest absolute Gasteiger partial charge is 0.490 e. The second-order valence-electron chi connectivity index (χ2n) is 8.48. The predicted molar refractivity (Wildman–Crippen MR) is 136 cm³/mol. The first-order valence-corrected chi connectivity index (χ1v) is 12.2. The molecular weight excluding hydrogens is 460 g/mol. The van der Waals surface area contributed by atoms with Crippen LogP contribution in [0.15, 0.2) is 60.7 Å². The van der Waals surface area contributed by atoms with Crippen LogP contribution in [-0.2, 0) is 14.3 Å². The number of carbonyl (C=O) groups is 3. The highest BCUT2D eigenvalue weighted by molar-refractivity contribution is 6.03. The van der Waals surface area contributed by atoms with Crippen LogP contribution in [0.5, 0.6) is 11.5 Å². The van der Waals surface area contributed by atoms with Crippen LogP contribution in [-0.4, -0.2) is 55.6 Å². The van der Waals surface area contributed by atoms with Crippen molar-refractivity contribution < 1.29 is 28.6 Å². The van der Waals surface area contributed by atoms with Gasteiger partial charge in [-0.1, -0.05) is 36.4 Å². The number of anilines is 1. The first-order valence-electron chi connectivity index (χ1n) is 12.2. The first-order chi connectivity index (χ1) is 17.5. The Hall–Kier alpha value is -4.07. The van der Waals surface area contributed by atoms with Gasteiger partial charge in [0.2, 0.25) is 0 Å². The third-order valence-electron chi connectivity index (χ3n) is 5.94. The van der Waals surface area contributed by atoms with E-state index in [0.29, 0.717) is 23.8 Å². The molecular formula is C28H30N2O6. The highest BCUT2D eigenvalue weighted by atomic mass is 16.5. The van der Waals surface area contributed by atoms with Gasteiger partial charge in [0.25, 0.3) is 11.8 Å². The van der Waals surface area contributed by atoms with E-state index >= 15 is 0 Å². The van der Waals surface area contributed by atoms with Gasteiger partial charge in [0, 0.05) is 24.2 Å². The minimum Gasteiger partial charge on any atom is -0.490 e. The lowest BCUT2D eigenvalue weighted by molar-refractivity contribution is -0.134. The molecule has 8 heteroatoms. The Labute approximate surface area is 210 Å². The van der Waals surface area contributed by atoms with Crippen molar-refractivity contribution in [2.45, 2.75) is 26.2 Å². The van der Waals surface area contributed by atoms with Crippen LogP contribution in [0.3, 0.4) is 0 Å². The van der Waals surface area contributed by atoms with E-state index in [0.717, 1.165) is 43.1 Å². The Balaban J connectivity index is 1.34. The molecule has 1 N–H and O–H groups in total. The molecule has 1 heterocycles. The van der Waals surface area contributed by atoms with E-state index in [1.54, 1.807) is 17.0 Å². The average molecular weight is 491 g/mol. The molecule has 1 saturated heterocycles. The molecule has 1 aliphatic heterocycles. The zero-order valence-electron chi connectivity index (χ0n) is 20.3.